The lowest BCUT2D eigenvalue weighted by Gasteiger charge is -2.27. The Morgan fingerprint density at radius 2 is 1.83 bits per heavy atom. The van der Waals surface area contributed by atoms with Gasteiger partial charge in [0.1, 0.15) is 6.10 Å². The molecular weight excluding hydrogens is 621 g/mol. The van der Waals surface area contributed by atoms with Gasteiger partial charge in [-0.15, -0.1) is 0 Å². The summed E-state index contributed by atoms with van der Waals surface area (Å²) in [5, 5.41) is 0. The number of aromatic nitrogens is 2. The molecule has 0 N–H and O–H groups in total. The lowest BCUT2D eigenvalue weighted by molar-refractivity contribution is -0.131. The van der Waals surface area contributed by atoms with Crippen LogP contribution in [0.1, 0.15) is 42.2 Å². The molecule has 0 fully saturated rings. The van der Waals surface area contributed by atoms with Gasteiger partial charge in [0.25, 0.3) is 5.91 Å². The molecule has 0 radical (unpaired) electrons. The standard InChI is InChI=1S/C27H27BrIN3O3/c1-18(29)19(2)35-26-23(25(33)21-7-4-3-5-8-21)24(20-9-11-22(28)12-10-20)32(27(26)34)15-6-14-31-16-13-30-17-31/h3-5,7-13,16-19,24H,6,14-15H2,1-2H3. The number of amides is 1. The average molecular weight is 648 g/mol. The molecule has 0 spiro atoms. The number of ether oxygens (including phenoxy) is 1. The molecule has 1 aliphatic rings. The molecule has 35 heavy (non-hydrogen) atoms. The predicted molar refractivity (Wildman–Crippen MR) is 147 cm³/mol. The first kappa shape index (κ1) is 25.6. The Kier molecular flexibility index (Phi) is 8.43. The molecule has 6 nitrogen and oxygen atoms in total. The van der Waals surface area contributed by atoms with Gasteiger partial charge in [-0.2, -0.15) is 0 Å². The van der Waals surface area contributed by atoms with E-state index in [9.17, 15) is 9.59 Å². The third-order valence-corrected chi connectivity index (χ3v) is 7.62. The first-order chi connectivity index (χ1) is 16.9. The topological polar surface area (TPSA) is 64.4 Å². The number of nitrogens with zero attached hydrogens (tertiary/aromatic N) is 3. The average Bonchev–Trinajstić information content (AvgIpc) is 3.47. The Labute approximate surface area is 227 Å². The SMILES string of the molecule is CC(I)C(C)OC1=C(C(=O)c2ccccc2)C(c2ccc(Br)cc2)N(CCCn2ccnc2)C1=O. The maximum Gasteiger partial charge on any atom is 0.290 e. The summed E-state index contributed by atoms with van der Waals surface area (Å²) in [6.07, 6.45) is 5.89. The fourth-order valence-electron chi connectivity index (χ4n) is 4.07. The third kappa shape index (κ3) is 5.86. The van der Waals surface area contributed by atoms with Gasteiger partial charge in [-0.3, -0.25) is 9.59 Å². The Balaban J connectivity index is 1.76. The summed E-state index contributed by atoms with van der Waals surface area (Å²) in [5.41, 5.74) is 1.81. The van der Waals surface area contributed by atoms with E-state index in [1.54, 1.807) is 29.6 Å². The van der Waals surface area contributed by atoms with Gasteiger partial charge in [0.2, 0.25) is 0 Å². The molecule has 8 heteroatoms. The van der Waals surface area contributed by atoms with E-state index in [2.05, 4.69) is 43.5 Å². The molecule has 2 aromatic carbocycles. The first-order valence-corrected chi connectivity index (χ1v) is 13.6. The molecule has 2 heterocycles. The number of ketones is 1. The monoisotopic (exact) mass is 647 g/mol. The van der Waals surface area contributed by atoms with Crippen LogP contribution >= 0.6 is 38.5 Å². The van der Waals surface area contributed by atoms with E-state index >= 15 is 0 Å². The van der Waals surface area contributed by atoms with Gasteiger partial charge in [0.15, 0.2) is 11.5 Å². The van der Waals surface area contributed by atoms with Crippen molar-refractivity contribution in [2.75, 3.05) is 6.54 Å². The Hall–Kier alpha value is -2.46. The molecule has 0 saturated heterocycles. The van der Waals surface area contributed by atoms with E-state index in [0.717, 1.165) is 16.6 Å². The van der Waals surface area contributed by atoms with Crippen LogP contribution in [0.25, 0.3) is 0 Å². The highest BCUT2D eigenvalue weighted by molar-refractivity contribution is 14.1. The lowest BCUT2D eigenvalue weighted by atomic mass is 9.92. The molecule has 0 saturated carbocycles. The van der Waals surface area contributed by atoms with Crippen molar-refractivity contribution in [2.24, 2.45) is 0 Å². The number of benzene rings is 2. The van der Waals surface area contributed by atoms with Gasteiger partial charge in [0.05, 0.1) is 17.9 Å². The normalized spacial score (nSPS) is 17.5. The highest BCUT2D eigenvalue weighted by Crippen LogP contribution is 2.41. The zero-order valence-electron chi connectivity index (χ0n) is 19.6. The number of hydrogen-bond acceptors (Lipinski definition) is 4. The number of rotatable bonds is 10. The Morgan fingerprint density at radius 1 is 1.11 bits per heavy atom. The zero-order chi connectivity index (χ0) is 24.9. The minimum absolute atomic E-state index is 0.155. The van der Waals surface area contributed by atoms with E-state index in [0.29, 0.717) is 24.1 Å². The van der Waals surface area contributed by atoms with Gasteiger partial charge < -0.3 is 14.2 Å². The summed E-state index contributed by atoms with van der Waals surface area (Å²) < 4.78 is 9.30. The molecule has 0 bridgehead atoms. The molecule has 182 valence electrons. The molecule has 3 atom stereocenters. The van der Waals surface area contributed by atoms with Crippen molar-refractivity contribution in [1.82, 2.24) is 14.5 Å². The van der Waals surface area contributed by atoms with Crippen molar-refractivity contribution in [1.29, 1.82) is 0 Å². The molecule has 1 aromatic heterocycles. The van der Waals surface area contributed by atoms with Crippen LogP contribution in [0.3, 0.4) is 0 Å². The third-order valence-electron chi connectivity index (χ3n) is 6.08. The van der Waals surface area contributed by atoms with Crippen molar-refractivity contribution < 1.29 is 14.3 Å². The minimum Gasteiger partial charge on any atom is -0.483 e. The summed E-state index contributed by atoms with van der Waals surface area (Å²) in [6, 6.07) is 16.3. The smallest absolute Gasteiger partial charge is 0.290 e. The van der Waals surface area contributed by atoms with Crippen molar-refractivity contribution in [3.63, 3.8) is 0 Å². The Morgan fingerprint density at radius 3 is 2.46 bits per heavy atom. The van der Waals surface area contributed by atoms with Crippen LogP contribution < -0.4 is 0 Å². The number of carbonyl (C=O) groups excluding carboxylic acids is 2. The van der Waals surface area contributed by atoms with Gasteiger partial charge in [-0.25, -0.2) is 4.98 Å². The molecule has 1 amide bonds. The maximum atomic E-state index is 13.9. The van der Waals surface area contributed by atoms with Gasteiger partial charge >= 0.3 is 0 Å². The summed E-state index contributed by atoms with van der Waals surface area (Å²) in [4.78, 5) is 33.6. The second-order valence-electron chi connectivity index (χ2n) is 8.55. The largest absolute Gasteiger partial charge is 0.483 e. The zero-order valence-corrected chi connectivity index (χ0v) is 23.3. The fourth-order valence-corrected chi connectivity index (χ4v) is 4.48. The summed E-state index contributed by atoms with van der Waals surface area (Å²) in [7, 11) is 0. The molecule has 3 unspecified atom stereocenters. The van der Waals surface area contributed by atoms with Crippen LogP contribution in [0.15, 0.2) is 89.1 Å². The highest BCUT2D eigenvalue weighted by atomic mass is 127. The molecular formula is C27H27BrIN3O3. The number of halogens is 2. The fraction of sp³-hybridized carbons (Fsp3) is 0.296. The van der Waals surface area contributed by atoms with Crippen molar-refractivity contribution in [3.8, 4) is 0 Å². The first-order valence-electron chi connectivity index (χ1n) is 11.5. The highest BCUT2D eigenvalue weighted by Gasteiger charge is 2.45. The molecule has 3 aromatic rings. The number of carbonyl (C=O) groups is 2. The van der Waals surface area contributed by atoms with Crippen molar-refractivity contribution >= 4 is 50.2 Å². The summed E-state index contributed by atoms with van der Waals surface area (Å²) in [5.74, 6) is -0.274. The van der Waals surface area contributed by atoms with Crippen LogP contribution in [-0.2, 0) is 16.1 Å². The maximum absolute atomic E-state index is 13.9. The second-order valence-corrected chi connectivity index (χ2v) is 11.4. The number of Topliss-reactive ketones (excluding diaryl/α,β-unsaturated/α-hetero) is 1. The van der Waals surface area contributed by atoms with E-state index in [1.165, 1.54) is 0 Å². The van der Waals surface area contributed by atoms with E-state index < -0.39 is 6.04 Å². The predicted octanol–water partition coefficient (Wildman–Crippen LogP) is 5.98. The van der Waals surface area contributed by atoms with Crippen LogP contribution in [-0.4, -0.2) is 42.7 Å². The van der Waals surface area contributed by atoms with Crippen LogP contribution in [0.4, 0.5) is 0 Å². The van der Waals surface area contributed by atoms with Gasteiger partial charge in [-0.1, -0.05) is 81.0 Å². The Bertz CT molecular complexity index is 1190. The molecule has 0 aliphatic carbocycles. The molecule has 1 aliphatic heterocycles. The number of imidazole rings is 1. The van der Waals surface area contributed by atoms with Crippen molar-refractivity contribution in [2.45, 2.75) is 42.9 Å². The quantitative estimate of drug-likeness (QED) is 0.154. The van der Waals surface area contributed by atoms with E-state index in [-0.39, 0.29) is 27.5 Å². The van der Waals surface area contributed by atoms with E-state index in [1.807, 2.05) is 67.1 Å². The number of alkyl halides is 1. The van der Waals surface area contributed by atoms with Crippen LogP contribution in [0.5, 0.6) is 0 Å². The second kappa shape index (κ2) is 11.5. The van der Waals surface area contributed by atoms with E-state index in [4.69, 9.17) is 4.74 Å². The van der Waals surface area contributed by atoms with Crippen molar-refractivity contribution in [3.05, 3.63) is 100 Å². The van der Waals surface area contributed by atoms with Crippen LogP contribution in [0, 0.1) is 0 Å². The van der Waals surface area contributed by atoms with Crippen LogP contribution in [0.2, 0.25) is 0 Å². The van der Waals surface area contributed by atoms with Gasteiger partial charge in [-0.05, 0) is 38.0 Å². The van der Waals surface area contributed by atoms with Gasteiger partial charge in [0, 0.05) is 39.4 Å². The summed E-state index contributed by atoms with van der Waals surface area (Å²) in [6.45, 7) is 5.15. The molecule has 4 rings (SSSR count). The number of aryl methyl sites for hydroxylation is 1. The number of hydrogen-bond donors (Lipinski definition) is 0. The summed E-state index contributed by atoms with van der Waals surface area (Å²) >= 11 is 5.77. The lowest BCUT2D eigenvalue weighted by Crippen LogP contribution is -2.33. The minimum atomic E-state index is -0.530.